The number of carboxylic acids is 3. The number of rotatable bonds is 7. The Morgan fingerprint density at radius 1 is 0.833 bits per heavy atom. The molecule has 0 radical (unpaired) electrons. The molecule has 0 spiro atoms. The Hall–Kier alpha value is -3.30. The number of phenolic OH excluding ortho intramolecular Hbond substituents is 1. The Kier molecular flexibility index (Phi) is 12.4. The van der Waals surface area contributed by atoms with Crippen LogP contribution in [0.2, 0.25) is 0 Å². The average molecular weight is 517 g/mol. The van der Waals surface area contributed by atoms with Crippen LogP contribution in [0.25, 0.3) is 10.8 Å². The number of benzene rings is 2. The zero-order valence-corrected chi connectivity index (χ0v) is 21.3. The largest absolute Gasteiger partial charge is 0.508 e. The highest BCUT2D eigenvalue weighted by molar-refractivity contribution is 5.84. The van der Waals surface area contributed by atoms with E-state index in [9.17, 15) is 32.7 Å². The molecule has 4 unspecified atom stereocenters. The molecule has 0 heterocycles. The van der Waals surface area contributed by atoms with Crippen molar-refractivity contribution >= 4 is 28.7 Å². The van der Waals surface area contributed by atoms with E-state index in [1.54, 1.807) is 12.1 Å². The molecule has 7 nitrogen and oxygen atoms in total. The fourth-order valence-corrected chi connectivity index (χ4v) is 2.69. The fourth-order valence-electron chi connectivity index (χ4n) is 2.69. The molecule has 0 aliphatic heterocycles. The molecule has 36 heavy (non-hydrogen) atoms. The molecule has 0 aromatic heterocycles. The molecular formula is C26H35F3O7. The van der Waals surface area contributed by atoms with Crippen LogP contribution in [-0.4, -0.2) is 44.5 Å². The molecule has 2 aromatic carbocycles. The maximum Gasteiger partial charge on any atom is 0.404 e. The fraction of sp³-hybridized carbons (Fsp3) is 0.500. The van der Waals surface area contributed by atoms with Gasteiger partial charge in [-0.25, -0.2) is 0 Å². The van der Waals surface area contributed by atoms with Gasteiger partial charge in [0.25, 0.3) is 0 Å². The van der Waals surface area contributed by atoms with E-state index >= 15 is 0 Å². The molecule has 2 rings (SSSR count). The Bertz CT molecular complexity index is 1020. The number of halogens is 3. The van der Waals surface area contributed by atoms with E-state index in [0.717, 1.165) is 11.8 Å². The van der Waals surface area contributed by atoms with Gasteiger partial charge in [0.05, 0.1) is 11.8 Å². The quantitative estimate of drug-likeness (QED) is 0.329. The molecule has 202 valence electrons. The van der Waals surface area contributed by atoms with Crippen LogP contribution in [0.15, 0.2) is 36.4 Å². The van der Waals surface area contributed by atoms with E-state index in [1.165, 1.54) is 31.7 Å². The van der Waals surface area contributed by atoms with Crippen LogP contribution in [0.1, 0.15) is 65.9 Å². The molecule has 0 fully saturated rings. The minimum absolute atomic E-state index is 0.332. The van der Waals surface area contributed by atoms with Crippen molar-refractivity contribution in [3.8, 4) is 5.75 Å². The van der Waals surface area contributed by atoms with E-state index in [-0.39, 0.29) is 0 Å². The summed E-state index contributed by atoms with van der Waals surface area (Å²) in [5.74, 6) is -4.69. The first-order valence-corrected chi connectivity index (χ1v) is 11.4. The first-order valence-electron chi connectivity index (χ1n) is 11.4. The van der Waals surface area contributed by atoms with Crippen LogP contribution in [0.5, 0.6) is 5.75 Å². The summed E-state index contributed by atoms with van der Waals surface area (Å²) < 4.78 is 35.9. The van der Waals surface area contributed by atoms with Crippen LogP contribution >= 0.6 is 0 Å². The first-order chi connectivity index (χ1) is 16.4. The monoisotopic (exact) mass is 516 g/mol. The van der Waals surface area contributed by atoms with Crippen LogP contribution in [0.3, 0.4) is 0 Å². The van der Waals surface area contributed by atoms with Gasteiger partial charge in [-0.15, -0.1) is 0 Å². The summed E-state index contributed by atoms with van der Waals surface area (Å²) >= 11 is 0. The standard InChI is InChI=1S/C14H16O.C6H9F3O2.C6H10O4/c1-3-10(2)11-4-5-13-9-14(15)7-6-12(13)8-11;1-3-5(2,4(10)11)6(7,8)9;1-3(5(7)8)4(2)6(9)10/h4-10,15H,3H2,1-2H3;3H2,1-2H3,(H,10,11);3-4H,1-2H3,(H,7,8)(H,9,10). The van der Waals surface area contributed by atoms with Gasteiger partial charge in [-0.3, -0.25) is 14.4 Å². The zero-order valence-electron chi connectivity index (χ0n) is 21.3. The van der Waals surface area contributed by atoms with Crippen LogP contribution in [0, 0.1) is 17.3 Å². The highest BCUT2D eigenvalue weighted by atomic mass is 19.4. The second kappa shape index (κ2) is 13.7. The number of aliphatic carboxylic acids is 3. The predicted octanol–water partition coefficient (Wildman–Crippen LogP) is 6.54. The zero-order chi connectivity index (χ0) is 28.4. The van der Waals surface area contributed by atoms with Gasteiger partial charge >= 0.3 is 24.1 Å². The van der Waals surface area contributed by atoms with E-state index in [1.807, 2.05) is 6.07 Å². The van der Waals surface area contributed by atoms with E-state index < -0.39 is 47.8 Å². The van der Waals surface area contributed by atoms with E-state index in [2.05, 4.69) is 32.0 Å². The normalized spacial score (nSPS) is 15.1. The lowest BCUT2D eigenvalue weighted by molar-refractivity contribution is -0.227. The third-order valence-electron chi connectivity index (χ3n) is 6.36. The number of hydrogen-bond acceptors (Lipinski definition) is 4. The molecule has 0 amide bonds. The predicted molar refractivity (Wildman–Crippen MR) is 130 cm³/mol. The van der Waals surface area contributed by atoms with Gasteiger partial charge in [0.15, 0.2) is 5.41 Å². The van der Waals surface area contributed by atoms with Crippen molar-refractivity contribution in [2.45, 2.75) is 66.5 Å². The second-order valence-electron chi connectivity index (χ2n) is 8.84. The molecule has 0 aliphatic rings. The van der Waals surface area contributed by atoms with Crippen molar-refractivity contribution in [3.63, 3.8) is 0 Å². The third-order valence-corrected chi connectivity index (χ3v) is 6.36. The Morgan fingerprint density at radius 3 is 1.61 bits per heavy atom. The number of alkyl halides is 3. The topological polar surface area (TPSA) is 132 Å². The van der Waals surface area contributed by atoms with Crippen molar-refractivity contribution in [2.75, 3.05) is 0 Å². The molecule has 10 heteroatoms. The Labute approximate surface area is 208 Å². The number of hydrogen-bond donors (Lipinski definition) is 4. The van der Waals surface area contributed by atoms with Crippen LogP contribution < -0.4 is 0 Å². The van der Waals surface area contributed by atoms with Crippen LogP contribution in [-0.2, 0) is 14.4 Å². The second-order valence-corrected chi connectivity index (χ2v) is 8.84. The van der Waals surface area contributed by atoms with Crippen molar-refractivity contribution in [1.29, 1.82) is 0 Å². The molecular weight excluding hydrogens is 481 g/mol. The average Bonchev–Trinajstić information content (AvgIpc) is 2.81. The summed E-state index contributed by atoms with van der Waals surface area (Å²) in [5, 5.41) is 36.6. The van der Waals surface area contributed by atoms with Crippen molar-refractivity contribution in [1.82, 2.24) is 0 Å². The van der Waals surface area contributed by atoms with Crippen molar-refractivity contribution in [3.05, 3.63) is 42.0 Å². The van der Waals surface area contributed by atoms with E-state index in [0.29, 0.717) is 18.6 Å². The molecule has 0 aliphatic carbocycles. The maximum atomic E-state index is 12.0. The van der Waals surface area contributed by atoms with Gasteiger partial charge in [0.2, 0.25) is 0 Å². The Balaban J connectivity index is 0.000000528. The molecule has 4 atom stereocenters. The Morgan fingerprint density at radius 2 is 1.28 bits per heavy atom. The highest BCUT2D eigenvalue weighted by Crippen LogP contribution is 2.40. The summed E-state index contributed by atoms with van der Waals surface area (Å²) in [6.45, 7) is 9.06. The number of carboxylic acid groups (broad SMARTS) is 3. The van der Waals surface area contributed by atoms with Gasteiger partial charge in [-0.1, -0.05) is 58.9 Å². The highest BCUT2D eigenvalue weighted by Gasteiger charge is 2.55. The van der Waals surface area contributed by atoms with Gasteiger partial charge in [-0.2, -0.15) is 13.2 Å². The summed E-state index contributed by atoms with van der Waals surface area (Å²) in [5.41, 5.74) is -1.23. The molecule has 0 saturated heterocycles. The number of aromatic hydroxyl groups is 1. The summed E-state index contributed by atoms with van der Waals surface area (Å²) in [6.07, 6.45) is -3.97. The minimum Gasteiger partial charge on any atom is -0.508 e. The molecule has 0 bridgehead atoms. The third kappa shape index (κ3) is 9.05. The summed E-state index contributed by atoms with van der Waals surface area (Å²) in [4.78, 5) is 30.5. The first kappa shape index (κ1) is 32.7. The molecule has 0 saturated carbocycles. The summed E-state index contributed by atoms with van der Waals surface area (Å²) in [7, 11) is 0. The number of carbonyl (C=O) groups is 3. The summed E-state index contributed by atoms with van der Waals surface area (Å²) in [6, 6.07) is 11.9. The molecule has 4 N–H and O–H groups in total. The maximum absolute atomic E-state index is 12.0. The van der Waals surface area contributed by atoms with Gasteiger partial charge < -0.3 is 20.4 Å². The smallest absolute Gasteiger partial charge is 0.404 e. The van der Waals surface area contributed by atoms with Crippen molar-refractivity contribution < 1.29 is 48.0 Å². The van der Waals surface area contributed by atoms with Crippen molar-refractivity contribution in [2.24, 2.45) is 17.3 Å². The number of fused-ring (bicyclic) bond motifs is 1. The lowest BCUT2D eigenvalue weighted by Gasteiger charge is -2.25. The SMILES string of the molecule is CC(C(=O)O)C(C)C(=O)O.CCC(C)(C(=O)O)C(F)(F)F.CCC(C)c1ccc2cc(O)ccc2c1. The van der Waals surface area contributed by atoms with E-state index in [4.69, 9.17) is 15.3 Å². The van der Waals surface area contributed by atoms with Crippen LogP contribution in [0.4, 0.5) is 13.2 Å². The van der Waals surface area contributed by atoms with Gasteiger partial charge in [0.1, 0.15) is 5.75 Å². The minimum atomic E-state index is -4.67. The molecule has 2 aromatic rings. The van der Waals surface area contributed by atoms with Gasteiger partial charge in [-0.05, 0) is 54.2 Å². The lowest BCUT2D eigenvalue weighted by atomic mass is 9.87. The number of phenols is 1. The lowest BCUT2D eigenvalue weighted by Crippen LogP contribution is -2.41. The van der Waals surface area contributed by atoms with Gasteiger partial charge in [0, 0.05) is 0 Å².